The maximum Gasteiger partial charge on any atom is 0.0739 e. The van der Waals surface area contributed by atoms with E-state index in [4.69, 9.17) is 9.97 Å². The topological polar surface area (TPSA) is 38.7 Å². The highest BCUT2D eigenvalue weighted by Crippen LogP contribution is 2.32. The van der Waals surface area contributed by atoms with E-state index >= 15 is 0 Å². The zero-order valence-corrected chi connectivity index (χ0v) is 17.3. The molecule has 0 N–H and O–H groups in total. The van der Waals surface area contributed by atoms with Crippen molar-refractivity contribution in [3.8, 4) is 0 Å². The first-order valence-electron chi connectivity index (χ1n) is 9.85. The average molecular weight is 370 g/mol. The fourth-order valence-corrected chi connectivity index (χ4v) is 3.99. The summed E-state index contributed by atoms with van der Waals surface area (Å²) in [5.74, 6) is 0. The second-order valence-corrected chi connectivity index (χ2v) is 9.22. The molecule has 3 heterocycles. The Morgan fingerprint density at radius 1 is 0.714 bits per heavy atom. The van der Waals surface area contributed by atoms with Crippen molar-refractivity contribution in [3.05, 3.63) is 78.0 Å². The van der Waals surface area contributed by atoms with E-state index in [-0.39, 0.29) is 10.8 Å². The zero-order chi connectivity index (χ0) is 19.9. The van der Waals surface area contributed by atoms with Crippen molar-refractivity contribution in [1.29, 1.82) is 0 Å². The van der Waals surface area contributed by atoms with Crippen molar-refractivity contribution in [3.63, 3.8) is 0 Å². The SMILES string of the molecule is CC(C)(C)c1nccc2nc(CC(C)(C)c3nccc4ccccc34)ccc12. The molecule has 0 saturated heterocycles. The van der Waals surface area contributed by atoms with Gasteiger partial charge in [-0.05, 0) is 29.7 Å². The molecule has 4 rings (SSSR count). The van der Waals surface area contributed by atoms with Gasteiger partial charge in [0.25, 0.3) is 0 Å². The summed E-state index contributed by atoms with van der Waals surface area (Å²) in [6.07, 6.45) is 4.61. The van der Waals surface area contributed by atoms with Gasteiger partial charge in [-0.15, -0.1) is 0 Å². The van der Waals surface area contributed by atoms with Crippen molar-refractivity contribution >= 4 is 21.7 Å². The van der Waals surface area contributed by atoms with Gasteiger partial charge in [0, 0.05) is 46.1 Å². The average Bonchev–Trinajstić information content (AvgIpc) is 2.66. The minimum atomic E-state index is -0.124. The van der Waals surface area contributed by atoms with Crippen molar-refractivity contribution in [2.45, 2.75) is 51.9 Å². The molecule has 0 bridgehead atoms. The fourth-order valence-electron chi connectivity index (χ4n) is 3.99. The molecule has 3 aromatic heterocycles. The van der Waals surface area contributed by atoms with Crippen LogP contribution in [0.4, 0.5) is 0 Å². The predicted molar refractivity (Wildman–Crippen MR) is 117 cm³/mol. The quantitative estimate of drug-likeness (QED) is 0.445. The highest BCUT2D eigenvalue weighted by Gasteiger charge is 2.26. The number of hydrogen-bond acceptors (Lipinski definition) is 3. The molecule has 28 heavy (non-hydrogen) atoms. The summed E-state index contributed by atoms with van der Waals surface area (Å²) in [6, 6.07) is 16.9. The molecule has 0 spiro atoms. The van der Waals surface area contributed by atoms with Gasteiger partial charge in [-0.3, -0.25) is 15.0 Å². The number of pyridine rings is 3. The molecule has 142 valence electrons. The molecule has 1 aromatic carbocycles. The Morgan fingerprint density at radius 3 is 2.21 bits per heavy atom. The first kappa shape index (κ1) is 18.5. The van der Waals surface area contributed by atoms with Crippen LogP contribution in [0.1, 0.15) is 51.7 Å². The minimum Gasteiger partial charge on any atom is -0.260 e. The molecule has 0 radical (unpaired) electrons. The van der Waals surface area contributed by atoms with Crippen LogP contribution in [0.5, 0.6) is 0 Å². The molecule has 0 fully saturated rings. The van der Waals surface area contributed by atoms with E-state index in [0.717, 1.165) is 34.4 Å². The molecule has 0 amide bonds. The van der Waals surface area contributed by atoms with Crippen LogP contribution in [0.25, 0.3) is 21.7 Å². The van der Waals surface area contributed by atoms with Gasteiger partial charge in [0.2, 0.25) is 0 Å². The van der Waals surface area contributed by atoms with Crippen molar-refractivity contribution in [2.24, 2.45) is 0 Å². The molecule has 0 saturated carbocycles. The van der Waals surface area contributed by atoms with Crippen LogP contribution in [-0.2, 0) is 17.3 Å². The van der Waals surface area contributed by atoms with E-state index in [1.54, 1.807) is 0 Å². The monoisotopic (exact) mass is 369 g/mol. The summed E-state index contributed by atoms with van der Waals surface area (Å²) in [5, 5.41) is 3.59. The lowest BCUT2D eigenvalue weighted by Crippen LogP contribution is -2.23. The number of aromatic nitrogens is 3. The van der Waals surface area contributed by atoms with Crippen LogP contribution in [0, 0.1) is 0 Å². The molecular formula is C25H27N3. The van der Waals surface area contributed by atoms with Gasteiger partial charge in [0.1, 0.15) is 0 Å². The molecule has 0 atom stereocenters. The molecule has 4 aromatic rings. The number of nitrogens with zero attached hydrogens (tertiary/aromatic N) is 3. The van der Waals surface area contributed by atoms with Gasteiger partial charge in [-0.2, -0.15) is 0 Å². The van der Waals surface area contributed by atoms with Crippen molar-refractivity contribution in [2.75, 3.05) is 0 Å². The highest BCUT2D eigenvalue weighted by atomic mass is 14.8. The normalized spacial score (nSPS) is 12.6. The van der Waals surface area contributed by atoms with Crippen LogP contribution < -0.4 is 0 Å². The Hall–Kier alpha value is -2.81. The smallest absolute Gasteiger partial charge is 0.0739 e. The van der Waals surface area contributed by atoms with E-state index in [0.29, 0.717) is 0 Å². The van der Waals surface area contributed by atoms with Crippen LogP contribution in [0.15, 0.2) is 60.9 Å². The molecule has 0 aliphatic heterocycles. The largest absolute Gasteiger partial charge is 0.260 e. The number of fused-ring (bicyclic) bond motifs is 2. The zero-order valence-electron chi connectivity index (χ0n) is 17.3. The van der Waals surface area contributed by atoms with Crippen molar-refractivity contribution in [1.82, 2.24) is 15.0 Å². The van der Waals surface area contributed by atoms with E-state index in [1.165, 1.54) is 10.8 Å². The third-order valence-corrected chi connectivity index (χ3v) is 5.32. The summed E-state index contributed by atoms with van der Waals surface area (Å²) in [6.45, 7) is 11.1. The minimum absolute atomic E-state index is 0.00511. The van der Waals surface area contributed by atoms with Gasteiger partial charge < -0.3 is 0 Å². The van der Waals surface area contributed by atoms with Crippen molar-refractivity contribution < 1.29 is 0 Å². The van der Waals surface area contributed by atoms with E-state index in [1.807, 2.05) is 18.5 Å². The van der Waals surface area contributed by atoms with Gasteiger partial charge in [-0.1, -0.05) is 58.9 Å². The molecule has 3 nitrogen and oxygen atoms in total. The van der Waals surface area contributed by atoms with Gasteiger partial charge >= 0.3 is 0 Å². The van der Waals surface area contributed by atoms with E-state index in [2.05, 4.69) is 82.1 Å². The Labute approximate surface area is 166 Å². The molecular weight excluding hydrogens is 342 g/mol. The Kier molecular flexibility index (Phi) is 4.41. The van der Waals surface area contributed by atoms with Crippen LogP contribution in [0.2, 0.25) is 0 Å². The van der Waals surface area contributed by atoms with Crippen LogP contribution in [0.3, 0.4) is 0 Å². The first-order valence-corrected chi connectivity index (χ1v) is 9.85. The molecule has 0 aliphatic rings. The third kappa shape index (κ3) is 3.37. The lowest BCUT2D eigenvalue weighted by Gasteiger charge is -2.25. The third-order valence-electron chi connectivity index (χ3n) is 5.32. The standard InChI is InChI=1S/C25H27N3/c1-24(2,3)22-20-11-10-18(28-21(20)13-15-26-22)16-25(4,5)23-19-9-7-6-8-17(19)12-14-27-23/h6-15H,16H2,1-5H3. The number of hydrogen-bond donors (Lipinski definition) is 0. The van der Waals surface area contributed by atoms with Crippen LogP contribution >= 0.6 is 0 Å². The maximum atomic E-state index is 4.97. The number of benzene rings is 1. The summed E-state index contributed by atoms with van der Waals surface area (Å²) in [5.41, 5.74) is 4.19. The molecule has 3 heteroatoms. The highest BCUT2D eigenvalue weighted by molar-refractivity contribution is 5.85. The Morgan fingerprint density at radius 2 is 1.43 bits per heavy atom. The lowest BCUT2D eigenvalue weighted by atomic mass is 9.81. The summed E-state index contributed by atoms with van der Waals surface area (Å²) >= 11 is 0. The first-order chi connectivity index (χ1) is 13.3. The lowest BCUT2D eigenvalue weighted by molar-refractivity contribution is 0.505. The van der Waals surface area contributed by atoms with E-state index in [9.17, 15) is 0 Å². The summed E-state index contributed by atoms with van der Waals surface area (Å²) < 4.78 is 0. The Balaban J connectivity index is 1.75. The van der Waals surface area contributed by atoms with Crippen LogP contribution in [-0.4, -0.2) is 15.0 Å². The Bertz CT molecular complexity index is 1150. The second kappa shape index (κ2) is 6.66. The summed E-state index contributed by atoms with van der Waals surface area (Å²) in [4.78, 5) is 14.3. The number of rotatable bonds is 3. The molecule has 0 aliphatic carbocycles. The fraction of sp³-hybridized carbons (Fsp3) is 0.320. The summed E-state index contributed by atoms with van der Waals surface area (Å²) in [7, 11) is 0. The van der Waals surface area contributed by atoms with Gasteiger partial charge in [0.15, 0.2) is 0 Å². The molecule has 0 unspecified atom stereocenters. The van der Waals surface area contributed by atoms with Gasteiger partial charge in [0.05, 0.1) is 16.9 Å². The second-order valence-electron chi connectivity index (χ2n) is 9.22. The van der Waals surface area contributed by atoms with E-state index < -0.39 is 0 Å². The maximum absolute atomic E-state index is 4.97. The predicted octanol–water partition coefficient (Wildman–Crippen LogP) is 6.00. The van der Waals surface area contributed by atoms with Gasteiger partial charge in [-0.25, -0.2) is 0 Å².